The Bertz CT molecular complexity index is 539. The highest BCUT2D eigenvalue weighted by Gasteiger charge is 2.44. The zero-order valence-corrected chi connectivity index (χ0v) is 12.3. The van der Waals surface area contributed by atoms with Gasteiger partial charge >= 0.3 is 6.18 Å². The number of amides is 1. The Labute approximate surface area is 130 Å². The van der Waals surface area contributed by atoms with Crippen molar-refractivity contribution in [3.63, 3.8) is 0 Å². The van der Waals surface area contributed by atoms with Gasteiger partial charge in [-0.15, -0.1) is 0 Å². The second kappa shape index (κ2) is 6.84. The first-order valence-corrected chi connectivity index (χ1v) is 7.23. The Balaban J connectivity index is 2.07. The third kappa shape index (κ3) is 4.20. The van der Waals surface area contributed by atoms with E-state index in [1.165, 1.54) is 24.3 Å². The lowest BCUT2D eigenvalue weighted by Gasteiger charge is -2.38. The molecule has 4 nitrogen and oxygen atoms in total. The van der Waals surface area contributed by atoms with Gasteiger partial charge in [-0.2, -0.15) is 13.2 Å². The van der Waals surface area contributed by atoms with E-state index in [-0.39, 0.29) is 25.9 Å². The quantitative estimate of drug-likeness (QED) is 0.828. The fourth-order valence-corrected chi connectivity index (χ4v) is 2.96. The van der Waals surface area contributed by atoms with Crippen LogP contribution in [0.2, 0.25) is 0 Å². The summed E-state index contributed by atoms with van der Waals surface area (Å²) >= 11 is 0. The van der Waals surface area contributed by atoms with Gasteiger partial charge in [0.2, 0.25) is 5.91 Å². The number of benzene rings is 1. The first-order chi connectivity index (χ1) is 10.7. The number of alkyl halides is 3. The van der Waals surface area contributed by atoms with Gasteiger partial charge in [-0.25, -0.2) is 4.39 Å². The highest BCUT2D eigenvalue weighted by Crippen LogP contribution is 2.34. The van der Waals surface area contributed by atoms with E-state index in [2.05, 4.69) is 0 Å². The fourth-order valence-electron chi connectivity index (χ4n) is 2.96. The molecule has 0 spiro atoms. The maximum absolute atomic E-state index is 13.0. The lowest BCUT2D eigenvalue weighted by atomic mass is 9.89. The van der Waals surface area contributed by atoms with Gasteiger partial charge in [-0.1, -0.05) is 12.1 Å². The van der Waals surface area contributed by atoms with Crippen LogP contribution in [0.25, 0.3) is 0 Å². The zero-order valence-electron chi connectivity index (χ0n) is 12.3. The second-order valence-corrected chi connectivity index (χ2v) is 5.72. The number of nitrogens with zero attached hydrogens (tertiary/aromatic N) is 1. The molecule has 1 aliphatic rings. The van der Waals surface area contributed by atoms with E-state index in [9.17, 15) is 27.5 Å². The van der Waals surface area contributed by atoms with Crippen LogP contribution in [0.3, 0.4) is 0 Å². The first kappa shape index (κ1) is 17.7. The SMILES string of the molecule is NC(=O)C(c1ccc(F)cc1)N1CCC(C(O)C(F)(F)F)CC1. The average Bonchev–Trinajstić information content (AvgIpc) is 2.48. The molecule has 0 saturated carbocycles. The molecule has 0 bridgehead atoms. The van der Waals surface area contributed by atoms with Crippen molar-refractivity contribution >= 4 is 5.91 Å². The molecule has 1 saturated heterocycles. The molecule has 128 valence electrons. The molecule has 3 N–H and O–H groups in total. The van der Waals surface area contributed by atoms with Crippen molar-refractivity contribution in [1.82, 2.24) is 4.90 Å². The van der Waals surface area contributed by atoms with Crippen LogP contribution >= 0.6 is 0 Å². The smallest absolute Gasteiger partial charge is 0.383 e. The maximum atomic E-state index is 13.0. The van der Waals surface area contributed by atoms with Crippen molar-refractivity contribution in [2.75, 3.05) is 13.1 Å². The molecule has 2 unspecified atom stereocenters. The molecule has 1 aromatic carbocycles. The Morgan fingerprint density at radius 2 is 1.74 bits per heavy atom. The summed E-state index contributed by atoms with van der Waals surface area (Å²) in [4.78, 5) is 13.4. The predicted molar refractivity (Wildman–Crippen MR) is 74.7 cm³/mol. The number of primary amides is 1. The van der Waals surface area contributed by atoms with Crippen molar-refractivity contribution < 1.29 is 27.5 Å². The molecule has 2 atom stereocenters. The van der Waals surface area contributed by atoms with Crippen LogP contribution in [0.1, 0.15) is 24.4 Å². The van der Waals surface area contributed by atoms with Crippen LogP contribution in [0, 0.1) is 11.7 Å². The molecule has 1 aromatic rings. The summed E-state index contributed by atoms with van der Waals surface area (Å²) in [5.74, 6) is -2.00. The summed E-state index contributed by atoms with van der Waals surface area (Å²) < 4.78 is 50.6. The van der Waals surface area contributed by atoms with Crippen molar-refractivity contribution in [3.05, 3.63) is 35.6 Å². The number of rotatable bonds is 4. The van der Waals surface area contributed by atoms with E-state index < -0.39 is 36.0 Å². The summed E-state index contributed by atoms with van der Waals surface area (Å²) in [6.07, 6.45) is -6.80. The fraction of sp³-hybridized carbons (Fsp3) is 0.533. The topological polar surface area (TPSA) is 66.6 Å². The van der Waals surface area contributed by atoms with Gasteiger partial charge in [-0.3, -0.25) is 9.69 Å². The van der Waals surface area contributed by atoms with E-state index in [0.29, 0.717) is 5.56 Å². The molecule has 0 aromatic heterocycles. The molecule has 1 aliphatic heterocycles. The van der Waals surface area contributed by atoms with E-state index in [0.717, 1.165) is 0 Å². The van der Waals surface area contributed by atoms with Crippen molar-refractivity contribution in [3.8, 4) is 0 Å². The van der Waals surface area contributed by atoms with Crippen molar-refractivity contribution in [1.29, 1.82) is 0 Å². The van der Waals surface area contributed by atoms with Crippen LogP contribution in [0.5, 0.6) is 0 Å². The number of hydrogen-bond acceptors (Lipinski definition) is 3. The van der Waals surface area contributed by atoms with Crippen molar-refractivity contribution in [2.24, 2.45) is 11.7 Å². The van der Waals surface area contributed by atoms with Crippen LogP contribution in [-0.2, 0) is 4.79 Å². The van der Waals surface area contributed by atoms with Crippen LogP contribution in [0.15, 0.2) is 24.3 Å². The van der Waals surface area contributed by atoms with Crippen LogP contribution < -0.4 is 5.73 Å². The molecule has 23 heavy (non-hydrogen) atoms. The van der Waals surface area contributed by atoms with Gasteiger partial charge in [0.25, 0.3) is 0 Å². The molecule has 1 fully saturated rings. The largest absolute Gasteiger partial charge is 0.414 e. The number of aliphatic hydroxyl groups excluding tert-OH is 1. The molecular weight excluding hydrogens is 316 g/mol. The Hall–Kier alpha value is -1.67. The van der Waals surface area contributed by atoms with Crippen LogP contribution in [-0.4, -0.2) is 41.3 Å². The minimum Gasteiger partial charge on any atom is -0.383 e. The Morgan fingerprint density at radius 1 is 1.22 bits per heavy atom. The average molecular weight is 334 g/mol. The van der Waals surface area contributed by atoms with Gasteiger partial charge in [0.15, 0.2) is 6.10 Å². The third-order valence-electron chi connectivity index (χ3n) is 4.18. The minimum atomic E-state index is -4.65. The standard InChI is InChI=1S/C15H18F4N2O2/c16-11-3-1-9(2-4-11)12(14(20)23)21-7-5-10(6-8-21)13(22)15(17,18)19/h1-4,10,12-13,22H,5-8H2,(H2,20,23). The monoisotopic (exact) mass is 334 g/mol. The van der Waals surface area contributed by atoms with Gasteiger partial charge in [0.05, 0.1) is 0 Å². The maximum Gasteiger partial charge on any atom is 0.414 e. The van der Waals surface area contributed by atoms with Crippen LogP contribution in [0.4, 0.5) is 17.6 Å². The van der Waals surface area contributed by atoms with Gasteiger partial charge in [0.1, 0.15) is 11.9 Å². The molecule has 1 heterocycles. The number of likely N-dealkylation sites (tertiary alicyclic amines) is 1. The van der Waals surface area contributed by atoms with Gasteiger partial charge < -0.3 is 10.8 Å². The van der Waals surface area contributed by atoms with Gasteiger partial charge in [-0.05, 0) is 49.5 Å². The first-order valence-electron chi connectivity index (χ1n) is 7.23. The Kier molecular flexibility index (Phi) is 5.26. The van der Waals surface area contributed by atoms with Crippen molar-refractivity contribution in [2.45, 2.75) is 31.2 Å². The molecule has 2 rings (SSSR count). The number of nitrogens with two attached hydrogens (primary N) is 1. The number of halogens is 4. The number of piperidine rings is 1. The zero-order chi connectivity index (χ0) is 17.2. The Morgan fingerprint density at radius 3 is 2.17 bits per heavy atom. The second-order valence-electron chi connectivity index (χ2n) is 5.72. The van der Waals surface area contributed by atoms with E-state index in [1.807, 2.05) is 0 Å². The molecular formula is C15H18F4N2O2. The summed E-state index contributed by atoms with van der Waals surface area (Å²) in [6, 6.07) is 4.44. The number of carbonyl (C=O) groups is 1. The molecule has 0 aliphatic carbocycles. The summed E-state index contributed by atoms with van der Waals surface area (Å²) in [7, 11) is 0. The lowest BCUT2D eigenvalue weighted by molar-refractivity contribution is -0.223. The lowest BCUT2D eigenvalue weighted by Crippen LogP contribution is -2.46. The van der Waals surface area contributed by atoms with Gasteiger partial charge in [0, 0.05) is 0 Å². The predicted octanol–water partition coefficient (Wildman–Crippen LogP) is 1.99. The highest BCUT2D eigenvalue weighted by molar-refractivity contribution is 5.81. The summed E-state index contributed by atoms with van der Waals surface area (Å²) in [6.45, 7) is 0.394. The van der Waals surface area contributed by atoms with E-state index in [1.54, 1.807) is 4.90 Å². The highest BCUT2D eigenvalue weighted by atomic mass is 19.4. The van der Waals surface area contributed by atoms with E-state index >= 15 is 0 Å². The van der Waals surface area contributed by atoms with E-state index in [4.69, 9.17) is 5.73 Å². The molecule has 0 radical (unpaired) electrons. The number of hydrogen-bond donors (Lipinski definition) is 2. The minimum absolute atomic E-state index is 0.103. The summed E-state index contributed by atoms with van der Waals surface area (Å²) in [5, 5.41) is 9.32. The molecule has 1 amide bonds. The molecule has 8 heteroatoms. The normalized spacial score (nSPS) is 20.2. The third-order valence-corrected chi connectivity index (χ3v) is 4.18. The number of carbonyl (C=O) groups excluding carboxylic acids is 1. The number of aliphatic hydroxyl groups is 1. The summed E-state index contributed by atoms with van der Waals surface area (Å²) in [5.41, 5.74) is 5.89.